The summed E-state index contributed by atoms with van der Waals surface area (Å²) in [4.78, 5) is 0. The van der Waals surface area contributed by atoms with Gasteiger partial charge < -0.3 is 10.5 Å². The standard InChI is InChI=1S/C9H18N2O3S/c10-5-8-6-11(7-8)15(12,13)9-1-3-14-4-2-9/h8-9H,1-7,10H2. The summed E-state index contributed by atoms with van der Waals surface area (Å²) in [6, 6.07) is 0. The van der Waals surface area contributed by atoms with Gasteiger partial charge in [-0.3, -0.25) is 0 Å². The Bertz CT molecular complexity index is 305. The van der Waals surface area contributed by atoms with Crippen LogP contribution in [-0.2, 0) is 14.8 Å². The molecular weight excluding hydrogens is 216 g/mol. The van der Waals surface area contributed by atoms with Gasteiger partial charge in [-0.1, -0.05) is 0 Å². The molecule has 0 saturated carbocycles. The largest absolute Gasteiger partial charge is 0.381 e. The third-order valence-electron chi connectivity index (χ3n) is 3.21. The van der Waals surface area contributed by atoms with Crippen LogP contribution in [0.15, 0.2) is 0 Å². The van der Waals surface area contributed by atoms with E-state index in [9.17, 15) is 8.42 Å². The molecule has 0 radical (unpaired) electrons. The minimum Gasteiger partial charge on any atom is -0.381 e. The van der Waals surface area contributed by atoms with E-state index >= 15 is 0 Å². The number of ether oxygens (including phenoxy) is 1. The Morgan fingerprint density at radius 2 is 1.87 bits per heavy atom. The molecule has 15 heavy (non-hydrogen) atoms. The lowest BCUT2D eigenvalue weighted by molar-refractivity contribution is 0.0954. The molecule has 2 heterocycles. The minimum atomic E-state index is -3.07. The summed E-state index contributed by atoms with van der Waals surface area (Å²) in [5, 5.41) is -0.232. The average molecular weight is 234 g/mol. The Morgan fingerprint density at radius 3 is 2.40 bits per heavy atom. The second kappa shape index (κ2) is 4.37. The summed E-state index contributed by atoms with van der Waals surface area (Å²) in [6.45, 7) is 2.93. The molecule has 2 aliphatic rings. The van der Waals surface area contributed by atoms with Crippen LogP contribution in [-0.4, -0.2) is 50.8 Å². The Morgan fingerprint density at radius 1 is 1.27 bits per heavy atom. The molecule has 2 rings (SSSR count). The smallest absolute Gasteiger partial charge is 0.217 e. The molecular formula is C9H18N2O3S. The molecule has 0 atom stereocenters. The van der Waals surface area contributed by atoms with Crippen molar-refractivity contribution in [3.05, 3.63) is 0 Å². The third-order valence-corrected chi connectivity index (χ3v) is 5.54. The van der Waals surface area contributed by atoms with Crippen molar-refractivity contribution in [1.82, 2.24) is 4.31 Å². The zero-order chi connectivity index (χ0) is 10.9. The number of sulfonamides is 1. The van der Waals surface area contributed by atoms with Crippen molar-refractivity contribution in [1.29, 1.82) is 0 Å². The van der Waals surface area contributed by atoms with Gasteiger partial charge in [-0.15, -0.1) is 0 Å². The first kappa shape index (κ1) is 11.3. The molecule has 0 aromatic carbocycles. The van der Waals surface area contributed by atoms with E-state index < -0.39 is 10.0 Å². The van der Waals surface area contributed by atoms with Gasteiger partial charge in [0.1, 0.15) is 0 Å². The van der Waals surface area contributed by atoms with Gasteiger partial charge in [-0.25, -0.2) is 12.7 Å². The van der Waals surface area contributed by atoms with Crippen molar-refractivity contribution in [3.63, 3.8) is 0 Å². The molecule has 5 nitrogen and oxygen atoms in total. The van der Waals surface area contributed by atoms with Crippen LogP contribution in [0.25, 0.3) is 0 Å². The Balaban J connectivity index is 1.95. The van der Waals surface area contributed by atoms with E-state index in [2.05, 4.69) is 0 Å². The fraction of sp³-hybridized carbons (Fsp3) is 1.00. The maximum atomic E-state index is 12.1. The van der Waals surface area contributed by atoms with Gasteiger partial charge in [0.05, 0.1) is 5.25 Å². The van der Waals surface area contributed by atoms with Gasteiger partial charge in [0.2, 0.25) is 10.0 Å². The average Bonchev–Trinajstić information content (AvgIpc) is 2.17. The minimum absolute atomic E-state index is 0.232. The van der Waals surface area contributed by atoms with E-state index in [1.807, 2.05) is 0 Å². The van der Waals surface area contributed by atoms with E-state index in [4.69, 9.17) is 10.5 Å². The zero-order valence-electron chi connectivity index (χ0n) is 8.76. The molecule has 6 heteroatoms. The summed E-state index contributed by atoms with van der Waals surface area (Å²) in [5.41, 5.74) is 5.48. The monoisotopic (exact) mass is 234 g/mol. The molecule has 0 aromatic rings. The molecule has 0 aliphatic carbocycles. The highest BCUT2D eigenvalue weighted by Crippen LogP contribution is 2.26. The number of nitrogens with zero attached hydrogens (tertiary/aromatic N) is 1. The summed E-state index contributed by atoms with van der Waals surface area (Å²) >= 11 is 0. The molecule has 0 aromatic heterocycles. The fourth-order valence-corrected chi connectivity index (χ4v) is 4.11. The molecule has 2 aliphatic heterocycles. The van der Waals surface area contributed by atoms with Crippen LogP contribution < -0.4 is 5.73 Å². The highest BCUT2D eigenvalue weighted by molar-refractivity contribution is 7.89. The predicted octanol–water partition coefficient (Wildman–Crippen LogP) is -0.614. The van der Waals surface area contributed by atoms with Crippen LogP contribution in [0, 0.1) is 5.92 Å². The van der Waals surface area contributed by atoms with Gasteiger partial charge in [-0.05, 0) is 25.3 Å². The van der Waals surface area contributed by atoms with E-state index in [-0.39, 0.29) is 5.25 Å². The molecule has 88 valence electrons. The van der Waals surface area contributed by atoms with Crippen LogP contribution in [0.4, 0.5) is 0 Å². The summed E-state index contributed by atoms with van der Waals surface area (Å²) in [7, 11) is -3.07. The van der Waals surface area contributed by atoms with Crippen molar-refractivity contribution in [3.8, 4) is 0 Å². The van der Waals surface area contributed by atoms with Gasteiger partial charge in [0, 0.05) is 26.3 Å². The summed E-state index contributed by atoms with van der Waals surface area (Å²) in [5.74, 6) is 0.361. The molecule has 0 spiro atoms. The van der Waals surface area contributed by atoms with Crippen LogP contribution in [0.5, 0.6) is 0 Å². The normalized spacial score (nSPS) is 26.5. The second-order valence-corrected chi connectivity index (χ2v) is 6.49. The number of rotatable bonds is 3. The lowest BCUT2D eigenvalue weighted by atomic mass is 10.0. The quantitative estimate of drug-likeness (QED) is 0.707. The first-order valence-corrected chi connectivity index (χ1v) is 6.91. The summed E-state index contributed by atoms with van der Waals surface area (Å²) < 4.78 is 30.9. The van der Waals surface area contributed by atoms with Crippen molar-refractivity contribution in [2.24, 2.45) is 11.7 Å². The molecule has 0 amide bonds. The molecule has 0 bridgehead atoms. The highest BCUT2D eigenvalue weighted by atomic mass is 32.2. The Hall–Kier alpha value is -0.170. The SMILES string of the molecule is NCC1CN(S(=O)(=O)C2CCOCC2)C1. The first-order valence-electron chi connectivity index (χ1n) is 5.41. The van der Waals surface area contributed by atoms with E-state index in [0.717, 1.165) is 0 Å². The topological polar surface area (TPSA) is 72.6 Å². The van der Waals surface area contributed by atoms with Crippen molar-refractivity contribution in [2.45, 2.75) is 18.1 Å². The number of nitrogens with two attached hydrogens (primary N) is 1. The van der Waals surface area contributed by atoms with Crippen LogP contribution in [0.1, 0.15) is 12.8 Å². The fourth-order valence-electron chi connectivity index (χ4n) is 2.06. The van der Waals surface area contributed by atoms with Crippen molar-refractivity contribution >= 4 is 10.0 Å². The molecule has 2 N–H and O–H groups in total. The van der Waals surface area contributed by atoms with Gasteiger partial charge in [0.25, 0.3) is 0 Å². The zero-order valence-corrected chi connectivity index (χ0v) is 9.58. The first-order chi connectivity index (χ1) is 7.14. The van der Waals surface area contributed by atoms with Crippen molar-refractivity contribution < 1.29 is 13.2 Å². The second-order valence-electron chi connectivity index (χ2n) is 4.28. The molecule has 2 fully saturated rings. The Kier molecular flexibility index (Phi) is 3.30. The summed E-state index contributed by atoms with van der Waals surface area (Å²) in [6.07, 6.45) is 1.26. The maximum Gasteiger partial charge on any atom is 0.217 e. The van der Waals surface area contributed by atoms with E-state index in [1.54, 1.807) is 4.31 Å². The highest BCUT2D eigenvalue weighted by Gasteiger charge is 2.40. The lowest BCUT2D eigenvalue weighted by Crippen LogP contribution is -2.55. The third kappa shape index (κ3) is 2.18. The van der Waals surface area contributed by atoms with Crippen LogP contribution >= 0.6 is 0 Å². The molecule has 0 unspecified atom stereocenters. The van der Waals surface area contributed by atoms with Gasteiger partial charge in [-0.2, -0.15) is 0 Å². The van der Waals surface area contributed by atoms with E-state index in [0.29, 0.717) is 51.6 Å². The predicted molar refractivity (Wildman–Crippen MR) is 56.9 cm³/mol. The lowest BCUT2D eigenvalue weighted by Gasteiger charge is -2.40. The van der Waals surface area contributed by atoms with Crippen LogP contribution in [0.3, 0.4) is 0 Å². The Labute approximate surface area is 90.6 Å². The van der Waals surface area contributed by atoms with E-state index in [1.165, 1.54) is 0 Å². The maximum absolute atomic E-state index is 12.1. The number of hydrogen-bond donors (Lipinski definition) is 1. The number of hydrogen-bond acceptors (Lipinski definition) is 4. The van der Waals surface area contributed by atoms with Gasteiger partial charge in [0.15, 0.2) is 0 Å². The molecule has 2 saturated heterocycles. The van der Waals surface area contributed by atoms with Crippen molar-refractivity contribution in [2.75, 3.05) is 32.8 Å². The van der Waals surface area contributed by atoms with Crippen LogP contribution in [0.2, 0.25) is 0 Å². The van der Waals surface area contributed by atoms with Gasteiger partial charge >= 0.3 is 0 Å².